The van der Waals surface area contributed by atoms with Gasteiger partial charge in [0.1, 0.15) is 17.8 Å². The zero-order chi connectivity index (χ0) is 27.9. The molecular formula is C31H34ClN9. The molecule has 9 nitrogen and oxygen atoms in total. The number of hydrogen-bond donors (Lipinski definition) is 2. The van der Waals surface area contributed by atoms with E-state index in [2.05, 4.69) is 60.0 Å². The van der Waals surface area contributed by atoms with E-state index in [1.54, 1.807) is 12.5 Å². The molecule has 0 radical (unpaired) electrons. The van der Waals surface area contributed by atoms with E-state index < -0.39 is 0 Å². The minimum atomic E-state index is 0.408. The van der Waals surface area contributed by atoms with E-state index in [1.807, 2.05) is 30.3 Å². The lowest BCUT2D eigenvalue weighted by Crippen LogP contribution is -2.49. The molecule has 4 heterocycles. The van der Waals surface area contributed by atoms with E-state index in [0.717, 1.165) is 51.6 Å². The maximum absolute atomic E-state index is 6.44. The van der Waals surface area contributed by atoms with Crippen LogP contribution in [0.4, 0.5) is 17.5 Å². The first-order valence-electron chi connectivity index (χ1n) is 14.4. The monoisotopic (exact) mass is 567 g/mol. The van der Waals surface area contributed by atoms with Crippen LogP contribution in [-0.4, -0.2) is 73.6 Å². The zero-order valence-electron chi connectivity index (χ0n) is 23.2. The summed E-state index contributed by atoms with van der Waals surface area (Å²) in [5.41, 5.74) is 11.2. The highest BCUT2D eigenvalue weighted by Gasteiger charge is 2.30. The van der Waals surface area contributed by atoms with Crippen molar-refractivity contribution >= 4 is 51.0 Å². The maximum atomic E-state index is 6.44. The number of benzene rings is 2. The van der Waals surface area contributed by atoms with Crippen LogP contribution in [0.15, 0.2) is 61.2 Å². The lowest BCUT2D eigenvalue weighted by atomic mass is 9.89. The maximum Gasteiger partial charge on any atom is 0.227 e. The van der Waals surface area contributed by atoms with Gasteiger partial charge in [-0.25, -0.2) is 19.9 Å². The second-order valence-electron chi connectivity index (χ2n) is 11.3. The Hall–Kier alpha value is -3.79. The molecular weight excluding hydrogens is 534 g/mol. The number of anilines is 3. The molecule has 2 fully saturated rings. The predicted molar refractivity (Wildman–Crippen MR) is 166 cm³/mol. The number of nitrogens with one attached hydrogen (secondary N) is 1. The Labute approximate surface area is 244 Å². The Morgan fingerprint density at radius 2 is 1.66 bits per heavy atom. The topological polar surface area (TPSA) is 101 Å². The molecule has 3 N–H and O–H groups in total. The molecule has 1 saturated carbocycles. The van der Waals surface area contributed by atoms with Crippen LogP contribution in [0.25, 0.3) is 33.1 Å². The second kappa shape index (κ2) is 10.9. The van der Waals surface area contributed by atoms with Crippen LogP contribution in [0.3, 0.4) is 0 Å². The number of aromatic nitrogens is 5. The van der Waals surface area contributed by atoms with Crippen LogP contribution in [0, 0.1) is 0 Å². The SMILES string of the molecule is CN1CCN(C2CCC(n3cc(-c4ccc(Nc5ncc6cc(Cl)ccc6n5)cc4)c4c(N)ncnc43)CC2)CC1. The Balaban J connectivity index is 1.11. The molecule has 0 unspecified atom stereocenters. The Kier molecular flexibility index (Phi) is 6.94. The third-order valence-corrected chi connectivity index (χ3v) is 8.98. The van der Waals surface area contributed by atoms with Crippen molar-refractivity contribution in [2.45, 2.75) is 37.8 Å². The summed E-state index contributed by atoms with van der Waals surface area (Å²) >= 11 is 6.09. The van der Waals surface area contributed by atoms with Crippen LogP contribution in [0.1, 0.15) is 31.7 Å². The molecule has 41 heavy (non-hydrogen) atoms. The fourth-order valence-corrected chi connectivity index (χ4v) is 6.60. The molecule has 210 valence electrons. The van der Waals surface area contributed by atoms with Crippen LogP contribution in [-0.2, 0) is 0 Å². The van der Waals surface area contributed by atoms with E-state index in [0.29, 0.717) is 28.9 Å². The highest BCUT2D eigenvalue weighted by atomic mass is 35.5. The number of fused-ring (bicyclic) bond motifs is 2. The number of likely N-dealkylation sites (N-methyl/N-ethyl adjacent to an activating group) is 1. The Morgan fingerprint density at radius 3 is 2.44 bits per heavy atom. The van der Waals surface area contributed by atoms with Crippen LogP contribution >= 0.6 is 11.6 Å². The molecule has 1 saturated heterocycles. The van der Waals surface area contributed by atoms with Gasteiger partial charge in [-0.3, -0.25) is 4.90 Å². The molecule has 0 spiro atoms. The summed E-state index contributed by atoms with van der Waals surface area (Å²) in [5, 5.41) is 5.81. The minimum Gasteiger partial charge on any atom is -0.383 e. The summed E-state index contributed by atoms with van der Waals surface area (Å²) in [7, 11) is 2.22. The van der Waals surface area contributed by atoms with Gasteiger partial charge in [-0.2, -0.15) is 0 Å². The average molecular weight is 568 g/mol. The van der Waals surface area contributed by atoms with Crippen molar-refractivity contribution in [1.29, 1.82) is 0 Å². The van der Waals surface area contributed by atoms with Gasteiger partial charge in [0.15, 0.2) is 0 Å². The van der Waals surface area contributed by atoms with Gasteiger partial charge in [-0.15, -0.1) is 0 Å². The van der Waals surface area contributed by atoms with Gasteiger partial charge in [-0.1, -0.05) is 23.7 Å². The molecule has 1 aliphatic carbocycles. The Bertz CT molecular complexity index is 1680. The lowest BCUT2D eigenvalue weighted by molar-refractivity contribution is 0.0828. The molecule has 0 atom stereocenters. The first-order valence-corrected chi connectivity index (χ1v) is 14.7. The smallest absolute Gasteiger partial charge is 0.227 e. The van der Waals surface area contributed by atoms with E-state index >= 15 is 0 Å². The largest absolute Gasteiger partial charge is 0.383 e. The number of nitrogens with zero attached hydrogens (tertiary/aromatic N) is 7. The van der Waals surface area contributed by atoms with Crippen molar-refractivity contribution in [3.63, 3.8) is 0 Å². The highest BCUT2D eigenvalue weighted by molar-refractivity contribution is 6.31. The first-order chi connectivity index (χ1) is 20.0. The number of nitrogen functional groups attached to an aromatic ring is 1. The first kappa shape index (κ1) is 26.1. The predicted octanol–water partition coefficient (Wildman–Crippen LogP) is 5.75. The summed E-state index contributed by atoms with van der Waals surface area (Å²) in [6, 6.07) is 15.0. The molecule has 1 aliphatic heterocycles. The number of hydrogen-bond acceptors (Lipinski definition) is 8. The van der Waals surface area contributed by atoms with E-state index in [9.17, 15) is 0 Å². The molecule has 2 aliphatic rings. The van der Waals surface area contributed by atoms with Gasteiger partial charge in [-0.05, 0) is 68.6 Å². The summed E-state index contributed by atoms with van der Waals surface area (Å²) in [4.78, 5) is 23.2. The van der Waals surface area contributed by atoms with Crippen LogP contribution in [0.2, 0.25) is 5.02 Å². The fourth-order valence-electron chi connectivity index (χ4n) is 6.42. The van der Waals surface area contributed by atoms with Crippen molar-refractivity contribution in [1.82, 2.24) is 34.3 Å². The van der Waals surface area contributed by atoms with E-state index in [-0.39, 0.29) is 0 Å². The number of rotatable bonds is 5. The van der Waals surface area contributed by atoms with E-state index in [1.165, 1.54) is 39.0 Å². The van der Waals surface area contributed by atoms with Crippen molar-refractivity contribution in [2.24, 2.45) is 0 Å². The standard InChI is InChI=1S/C31H34ClN9/c1-39-12-14-40(15-13-39)24-7-9-25(10-8-24)41-18-26(28-29(33)35-19-36-30(28)41)20-2-5-23(6-3-20)37-31-34-17-21-16-22(32)4-11-27(21)38-31/h2-6,11,16-19,24-25H,7-10,12-15H2,1H3,(H2,33,35,36)(H,34,37,38). The molecule has 7 rings (SSSR count). The van der Waals surface area contributed by atoms with Gasteiger partial charge in [0.05, 0.1) is 10.9 Å². The third-order valence-electron chi connectivity index (χ3n) is 8.75. The average Bonchev–Trinajstić information content (AvgIpc) is 3.39. The van der Waals surface area contributed by atoms with Gasteiger partial charge in [0.2, 0.25) is 5.95 Å². The summed E-state index contributed by atoms with van der Waals surface area (Å²) in [6.45, 7) is 4.69. The van der Waals surface area contributed by atoms with Gasteiger partial charge in [0, 0.05) is 72.3 Å². The normalized spacial score (nSPS) is 20.5. The van der Waals surface area contributed by atoms with E-state index in [4.69, 9.17) is 22.3 Å². The Morgan fingerprint density at radius 1 is 0.902 bits per heavy atom. The molecule has 0 bridgehead atoms. The lowest BCUT2D eigenvalue weighted by Gasteiger charge is -2.41. The quantitative estimate of drug-likeness (QED) is 0.277. The molecule has 5 aromatic rings. The molecule has 10 heteroatoms. The highest BCUT2D eigenvalue weighted by Crippen LogP contribution is 2.39. The summed E-state index contributed by atoms with van der Waals surface area (Å²) < 4.78 is 2.35. The van der Waals surface area contributed by atoms with Crippen molar-refractivity contribution in [2.75, 3.05) is 44.3 Å². The van der Waals surface area contributed by atoms with Crippen LogP contribution in [0.5, 0.6) is 0 Å². The van der Waals surface area contributed by atoms with Gasteiger partial charge < -0.3 is 20.5 Å². The minimum absolute atomic E-state index is 0.408. The molecule has 2 aromatic carbocycles. The van der Waals surface area contributed by atoms with Gasteiger partial charge in [0.25, 0.3) is 0 Å². The van der Waals surface area contributed by atoms with Crippen molar-refractivity contribution < 1.29 is 0 Å². The number of nitrogens with two attached hydrogens (primary N) is 1. The fraction of sp³-hybridized carbons (Fsp3) is 0.355. The zero-order valence-corrected chi connectivity index (χ0v) is 23.9. The van der Waals surface area contributed by atoms with Crippen molar-refractivity contribution in [3.05, 3.63) is 66.2 Å². The number of halogens is 1. The van der Waals surface area contributed by atoms with Gasteiger partial charge >= 0.3 is 0 Å². The number of piperazine rings is 1. The van der Waals surface area contributed by atoms with Crippen LogP contribution < -0.4 is 11.1 Å². The molecule has 3 aromatic heterocycles. The molecule has 0 amide bonds. The summed E-state index contributed by atoms with van der Waals surface area (Å²) in [6.07, 6.45) is 10.3. The third kappa shape index (κ3) is 5.21. The summed E-state index contributed by atoms with van der Waals surface area (Å²) in [5.74, 6) is 1.05. The second-order valence-corrected chi connectivity index (χ2v) is 11.7. The van der Waals surface area contributed by atoms with Crippen molar-refractivity contribution in [3.8, 4) is 11.1 Å².